The van der Waals surface area contributed by atoms with Crippen LogP contribution in [0.15, 0.2) is 0 Å². The van der Waals surface area contributed by atoms with E-state index in [1.54, 1.807) is 0 Å². The molecule has 0 saturated heterocycles. The normalized spacial score (nSPS) is 12.9. The lowest BCUT2D eigenvalue weighted by molar-refractivity contribution is 0.228. The van der Waals surface area contributed by atoms with Crippen LogP contribution in [0, 0.1) is 5.92 Å². The van der Waals surface area contributed by atoms with Gasteiger partial charge in [0.05, 0.1) is 16.4 Å². The number of nitrogens with zero attached hydrogens (tertiary/aromatic N) is 2. The van der Waals surface area contributed by atoms with Crippen molar-refractivity contribution < 1.29 is 5.11 Å². The summed E-state index contributed by atoms with van der Waals surface area (Å²) in [5, 5.41) is 17.5. The van der Waals surface area contributed by atoms with E-state index < -0.39 is 0 Å². The van der Waals surface area contributed by atoms with Crippen LogP contribution in [0.25, 0.3) is 0 Å². The summed E-state index contributed by atoms with van der Waals surface area (Å²) in [5.41, 5.74) is 2.01. The Balaban J connectivity index is 2.33. The predicted octanol–water partition coefficient (Wildman–Crippen LogP) is 2.13. The smallest absolute Gasteiger partial charge is 0.0863 e. The molecule has 1 unspecified atom stereocenters. The number of hydrogen-bond acceptors (Lipinski definition) is 3. The molecule has 18 heavy (non-hydrogen) atoms. The molecule has 0 aliphatic rings. The highest BCUT2D eigenvalue weighted by atomic mass is 35.5. The average Bonchev–Trinajstić information content (AvgIpc) is 2.64. The number of rotatable bonds is 8. The van der Waals surface area contributed by atoms with Gasteiger partial charge in [-0.05, 0) is 31.7 Å². The second-order valence-corrected chi connectivity index (χ2v) is 5.17. The third kappa shape index (κ3) is 4.26. The summed E-state index contributed by atoms with van der Waals surface area (Å²) in [7, 11) is 1.93. The number of hydrogen-bond donors (Lipinski definition) is 2. The van der Waals surface area contributed by atoms with Gasteiger partial charge in [0.15, 0.2) is 0 Å². The Hall–Kier alpha value is -0.580. The minimum Gasteiger partial charge on any atom is -0.396 e. The maximum Gasteiger partial charge on any atom is 0.0863 e. The molecule has 104 valence electrons. The van der Waals surface area contributed by atoms with Gasteiger partial charge in [-0.15, -0.1) is 0 Å². The molecule has 0 radical (unpaired) electrons. The largest absolute Gasteiger partial charge is 0.396 e. The lowest BCUT2D eigenvalue weighted by Gasteiger charge is -2.08. The summed E-state index contributed by atoms with van der Waals surface area (Å²) < 4.78 is 1.85. The highest BCUT2D eigenvalue weighted by Gasteiger charge is 2.11. The van der Waals surface area contributed by atoms with Crippen molar-refractivity contribution in [3.05, 3.63) is 16.4 Å². The van der Waals surface area contributed by atoms with Crippen molar-refractivity contribution in [3.8, 4) is 0 Å². The quantitative estimate of drug-likeness (QED) is 0.714. The van der Waals surface area contributed by atoms with E-state index in [0.29, 0.717) is 5.92 Å². The zero-order chi connectivity index (χ0) is 13.5. The molecule has 0 bridgehead atoms. The van der Waals surface area contributed by atoms with Crippen LogP contribution in [-0.4, -0.2) is 28.0 Å². The van der Waals surface area contributed by atoms with Gasteiger partial charge in [0.2, 0.25) is 0 Å². The topological polar surface area (TPSA) is 50.1 Å². The number of halogens is 1. The Kier molecular flexibility index (Phi) is 6.68. The molecule has 1 rings (SSSR count). The summed E-state index contributed by atoms with van der Waals surface area (Å²) in [6.07, 6.45) is 2.97. The van der Waals surface area contributed by atoms with Gasteiger partial charge in [-0.2, -0.15) is 5.10 Å². The molecule has 1 heterocycles. The SMILES string of the molecule is CCc1nn(C)c(CNCCCC(C)CO)c1Cl. The highest BCUT2D eigenvalue weighted by molar-refractivity contribution is 6.31. The van der Waals surface area contributed by atoms with Gasteiger partial charge in [-0.3, -0.25) is 4.68 Å². The fourth-order valence-corrected chi connectivity index (χ4v) is 2.25. The Morgan fingerprint density at radius 1 is 1.50 bits per heavy atom. The predicted molar refractivity (Wildman–Crippen MR) is 74.8 cm³/mol. The van der Waals surface area contributed by atoms with Crippen LogP contribution < -0.4 is 5.32 Å². The van der Waals surface area contributed by atoms with Gasteiger partial charge >= 0.3 is 0 Å². The van der Waals surface area contributed by atoms with E-state index in [9.17, 15) is 0 Å². The van der Waals surface area contributed by atoms with E-state index in [-0.39, 0.29) is 6.61 Å². The lowest BCUT2D eigenvalue weighted by Crippen LogP contribution is -2.18. The van der Waals surface area contributed by atoms with E-state index in [4.69, 9.17) is 16.7 Å². The van der Waals surface area contributed by atoms with Crippen molar-refractivity contribution >= 4 is 11.6 Å². The molecule has 1 aromatic rings. The minimum absolute atomic E-state index is 0.271. The first-order chi connectivity index (χ1) is 8.60. The van der Waals surface area contributed by atoms with Crippen LogP contribution in [0.3, 0.4) is 0 Å². The van der Waals surface area contributed by atoms with Crippen molar-refractivity contribution in [3.63, 3.8) is 0 Å². The fourth-order valence-electron chi connectivity index (χ4n) is 1.89. The zero-order valence-electron chi connectivity index (χ0n) is 11.5. The molecule has 4 nitrogen and oxygen atoms in total. The van der Waals surface area contributed by atoms with Crippen molar-refractivity contribution in [2.45, 2.75) is 39.7 Å². The van der Waals surface area contributed by atoms with E-state index in [1.165, 1.54) is 0 Å². The molecule has 0 amide bonds. The Bertz CT molecular complexity index is 365. The molecule has 2 N–H and O–H groups in total. The van der Waals surface area contributed by atoms with Crippen LogP contribution in [-0.2, 0) is 20.0 Å². The molecular formula is C13H24ClN3O. The van der Waals surface area contributed by atoms with Crippen LogP contribution in [0.2, 0.25) is 5.02 Å². The Morgan fingerprint density at radius 3 is 2.78 bits per heavy atom. The first kappa shape index (κ1) is 15.5. The molecule has 0 spiro atoms. The monoisotopic (exact) mass is 273 g/mol. The van der Waals surface area contributed by atoms with Crippen molar-refractivity contribution in [2.24, 2.45) is 13.0 Å². The summed E-state index contributed by atoms with van der Waals surface area (Å²) in [6, 6.07) is 0. The first-order valence-corrected chi connectivity index (χ1v) is 6.99. The second kappa shape index (κ2) is 7.77. The van der Waals surface area contributed by atoms with Crippen LogP contribution in [0.5, 0.6) is 0 Å². The molecule has 0 aromatic carbocycles. The fraction of sp³-hybridized carbons (Fsp3) is 0.769. The van der Waals surface area contributed by atoms with E-state index in [1.807, 2.05) is 11.7 Å². The molecule has 0 aliphatic heterocycles. The number of aliphatic hydroxyl groups is 1. The number of nitrogens with one attached hydrogen (secondary N) is 1. The highest BCUT2D eigenvalue weighted by Crippen LogP contribution is 2.20. The summed E-state index contributed by atoms with van der Waals surface area (Å²) in [4.78, 5) is 0. The van der Waals surface area contributed by atoms with Gasteiger partial charge < -0.3 is 10.4 Å². The van der Waals surface area contributed by atoms with E-state index >= 15 is 0 Å². The van der Waals surface area contributed by atoms with Gasteiger partial charge in [0, 0.05) is 20.2 Å². The third-order valence-corrected chi connectivity index (χ3v) is 3.59. The summed E-state index contributed by atoms with van der Waals surface area (Å²) in [5.74, 6) is 0.388. The van der Waals surface area contributed by atoms with Crippen molar-refractivity contribution in [1.29, 1.82) is 0 Å². The lowest BCUT2D eigenvalue weighted by atomic mass is 10.1. The van der Waals surface area contributed by atoms with Gasteiger partial charge in [0.1, 0.15) is 0 Å². The van der Waals surface area contributed by atoms with Gasteiger partial charge in [-0.1, -0.05) is 25.4 Å². The van der Waals surface area contributed by atoms with Gasteiger partial charge in [0.25, 0.3) is 0 Å². The second-order valence-electron chi connectivity index (χ2n) is 4.79. The third-order valence-electron chi connectivity index (χ3n) is 3.16. The number of aromatic nitrogens is 2. The molecular weight excluding hydrogens is 250 g/mol. The Morgan fingerprint density at radius 2 is 2.22 bits per heavy atom. The summed E-state index contributed by atoms with van der Waals surface area (Å²) in [6.45, 7) is 6.07. The van der Waals surface area contributed by atoms with Crippen LogP contribution in [0.1, 0.15) is 38.1 Å². The molecule has 1 atom stereocenters. The van der Waals surface area contributed by atoms with Crippen LogP contribution in [0.4, 0.5) is 0 Å². The first-order valence-electron chi connectivity index (χ1n) is 6.61. The summed E-state index contributed by atoms with van der Waals surface area (Å²) >= 11 is 6.26. The molecule has 0 aliphatic carbocycles. The van der Waals surface area contributed by atoms with Crippen molar-refractivity contribution in [2.75, 3.05) is 13.2 Å². The van der Waals surface area contributed by atoms with E-state index in [2.05, 4.69) is 24.3 Å². The van der Waals surface area contributed by atoms with Crippen molar-refractivity contribution in [1.82, 2.24) is 15.1 Å². The maximum atomic E-state index is 8.92. The minimum atomic E-state index is 0.271. The standard InChI is InChI=1S/C13H24ClN3O/c1-4-11-13(14)12(17(3)16-11)8-15-7-5-6-10(2)9-18/h10,15,18H,4-9H2,1-3H3. The number of aliphatic hydroxyl groups excluding tert-OH is 1. The molecule has 0 saturated carbocycles. The maximum absolute atomic E-state index is 8.92. The zero-order valence-corrected chi connectivity index (χ0v) is 12.3. The molecule has 1 aromatic heterocycles. The molecule has 5 heteroatoms. The van der Waals surface area contributed by atoms with Gasteiger partial charge in [-0.25, -0.2) is 0 Å². The number of aryl methyl sites for hydroxylation is 2. The van der Waals surface area contributed by atoms with Crippen LogP contribution >= 0.6 is 11.6 Å². The average molecular weight is 274 g/mol. The van der Waals surface area contributed by atoms with E-state index in [0.717, 1.165) is 48.8 Å². The molecule has 0 fully saturated rings. The Labute approximate surface area is 114 Å².